The van der Waals surface area contributed by atoms with Gasteiger partial charge in [0.25, 0.3) is 0 Å². The summed E-state index contributed by atoms with van der Waals surface area (Å²) in [6.07, 6.45) is 3.94. The Labute approximate surface area is 118 Å². The summed E-state index contributed by atoms with van der Waals surface area (Å²) in [5.41, 5.74) is 2.02. The molecule has 2 aromatic heterocycles. The summed E-state index contributed by atoms with van der Waals surface area (Å²) in [6.45, 7) is 14.6. The molecule has 0 fully saturated rings. The van der Waals surface area contributed by atoms with E-state index in [0.717, 1.165) is 29.8 Å². The summed E-state index contributed by atoms with van der Waals surface area (Å²) < 4.78 is 2.28. The number of aryl methyl sites for hydroxylation is 1. The molecule has 3 heteroatoms. The van der Waals surface area contributed by atoms with Crippen LogP contribution in [0.4, 0.5) is 0 Å². The number of aromatic nitrogens is 3. The molecular formula is C16H29N3. The lowest BCUT2D eigenvalue weighted by Gasteiger charge is -2.11. The summed E-state index contributed by atoms with van der Waals surface area (Å²) in [6, 6.07) is 4.51. The first-order chi connectivity index (χ1) is 9.24. The highest BCUT2D eigenvalue weighted by molar-refractivity contribution is 5.71. The molecule has 0 spiro atoms. The van der Waals surface area contributed by atoms with Crippen LogP contribution in [0.15, 0.2) is 18.3 Å². The Kier molecular flexibility index (Phi) is 8.84. The van der Waals surface area contributed by atoms with Crippen molar-refractivity contribution in [3.63, 3.8) is 0 Å². The molecule has 0 N–H and O–H groups in total. The average molecular weight is 263 g/mol. The summed E-state index contributed by atoms with van der Waals surface area (Å²) in [7, 11) is 0. The second kappa shape index (κ2) is 9.54. The van der Waals surface area contributed by atoms with Gasteiger partial charge < -0.3 is 4.57 Å². The van der Waals surface area contributed by atoms with E-state index >= 15 is 0 Å². The Hall–Kier alpha value is -1.38. The van der Waals surface area contributed by atoms with Gasteiger partial charge in [0.15, 0.2) is 5.65 Å². The number of nitrogens with zero attached hydrogens (tertiary/aromatic N) is 3. The molecule has 0 aliphatic heterocycles. The van der Waals surface area contributed by atoms with Crippen molar-refractivity contribution in [2.24, 2.45) is 0 Å². The molecule has 2 rings (SSSR count). The van der Waals surface area contributed by atoms with Crippen LogP contribution in [0.25, 0.3) is 11.2 Å². The predicted octanol–water partition coefficient (Wildman–Crippen LogP) is 5.02. The molecule has 0 aromatic carbocycles. The molecule has 19 heavy (non-hydrogen) atoms. The molecule has 0 saturated carbocycles. The largest absolute Gasteiger partial charge is 0.324 e. The van der Waals surface area contributed by atoms with Gasteiger partial charge in [-0.3, -0.25) is 0 Å². The average Bonchev–Trinajstić information content (AvgIpc) is 2.81. The normalized spacial score (nSPS) is 9.68. The first-order valence-corrected chi connectivity index (χ1v) is 7.56. The second-order valence-electron chi connectivity index (χ2n) is 4.09. The van der Waals surface area contributed by atoms with Crippen LogP contribution in [0.2, 0.25) is 0 Å². The number of imidazole rings is 1. The third-order valence-corrected chi connectivity index (χ3v) is 2.53. The lowest BCUT2D eigenvalue weighted by atomic mass is 10.3. The van der Waals surface area contributed by atoms with Gasteiger partial charge in [-0.2, -0.15) is 0 Å². The lowest BCUT2D eigenvalue weighted by molar-refractivity contribution is 0.580. The smallest absolute Gasteiger partial charge is 0.177 e. The molecule has 0 radical (unpaired) electrons. The highest BCUT2D eigenvalue weighted by atomic mass is 15.1. The van der Waals surface area contributed by atoms with Gasteiger partial charge in [0.05, 0.1) is 5.52 Å². The summed E-state index contributed by atoms with van der Waals surface area (Å²) in [5.74, 6) is 1.15. The maximum atomic E-state index is 4.58. The van der Waals surface area contributed by atoms with E-state index in [0.29, 0.717) is 6.04 Å². The molecule has 0 unspecified atom stereocenters. The first-order valence-electron chi connectivity index (χ1n) is 7.56. The van der Waals surface area contributed by atoms with E-state index in [2.05, 4.69) is 41.4 Å². The molecule has 2 heterocycles. The molecule has 0 amide bonds. The number of hydrogen-bond acceptors (Lipinski definition) is 2. The molecule has 0 bridgehead atoms. The molecule has 3 nitrogen and oxygen atoms in total. The number of rotatable bonds is 3. The van der Waals surface area contributed by atoms with Crippen molar-refractivity contribution in [1.29, 1.82) is 0 Å². The van der Waals surface area contributed by atoms with Crippen LogP contribution in [0.5, 0.6) is 0 Å². The molecule has 0 atom stereocenters. The number of hydrogen-bond donors (Lipinski definition) is 0. The molecule has 0 saturated heterocycles. The van der Waals surface area contributed by atoms with Crippen molar-refractivity contribution in [3.8, 4) is 0 Å². The van der Waals surface area contributed by atoms with Gasteiger partial charge in [0, 0.05) is 18.7 Å². The minimum Gasteiger partial charge on any atom is -0.324 e. The van der Waals surface area contributed by atoms with E-state index in [-0.39, 0.29) is 0 Å². The fraction of sp³-hybridized carbons (Fsp3) is 0.625. The SMILES string of the molecule is CC.CC.CCCc1nc2ncccc2n1C(C)C. The van der Waals surface area contributed by atoms with Crippen molar-refractivity contribution in [3.05, 3.63) is 24.2 Å². The van der Waals surface area contributed by atoms with Crippen LogP contribution in [-0.2, 0) is 6.42 Å². The predicted molar refractivity (Wildman–Crippen MR) is 84.6 cm³/mol. The topological polar surface area (TPSA) is 30.7 Å². The second-order valence-corrected chi connectivity index (χ2v) is 4.09. The van der Waals surface area contributed by atoms with Crippen molar-refractivity contribution in [1.82, 2.24) is 14.5 Å². The van der Waals surface area contributed by atoms with Gasteiger partial charge in [-0.05, 0) is 32.4 Å². The van der Waals surface area contributed by atoms with E-state index in [1.807, 2.05) is 33.8 Å². The van der Waals surface area contributed by atoms with Gasteiger partial charge >= 0.3 is 0 Å². The summed E-state index contributed by atoms with van der Waals surface area (Å²) >= 11 is 0. The van der Waals surface area contributed by atoms with Gasteiger partial charge in [0.2, 0.25) is 0 Å². The summed E-state index contributed by atoms with van der Waals surface area (Å²) in [4.78, 5) is 8.87. The standard InChI is InChI=1S/C12H17N3.2C2H6/c1-4-6-11-14-12-10(7-5-8-13-12)15(11)9(2)3;2*1-2/h5,7-9H,4,6H2,1-3H3;2*1-2H3. The Morgan fingerprint density at radius 2 is 1.79 bits per heavy atom. The zero-order valence-electron chi connectivity index (χ0n) is 13.6. The van der Waals surface area contributed by atoms with Gasteiger partial charge in [-0.1, -0.05) is 34.6 Å². The Morgan fingerprint density at radius 3 is 2.32 bits per heavy atom. The van der Waals surface area contributed by atoms with Crippen LogP contribution >= 0.6 is 0 Å². The van der Waals surface area contributed by atoms with E-state index in [1.54, 1.807) is 6.20 Å². The van der Waals surface area contributed by atoms with Gasteiger partial charge in [0.1, 0.15) is 5.82 Å². The Bertz CT molecular complexity index is 458. The quantitative estimate of drug-likeness (QED) is 0.778. The fourth-order valence-electron chi connectivity index (χ4n) is 1.95. The van der Waals surface area contributed by atoms with Crippen LogP contribution in [0, 0.1) is 0 Å². The zero-order chi connectivity index (χ0) is 14.8. The Balaban J connectivity index is 0.000000741. The minimum absolute atomic E-state index is 0.445. The maximum Gasteiger partial charge on any atom is 0.177 e. The van der Waals surface area contributed by atoms with E-state index < -0.39 is 0 Å². The van der Waals surface area contributed by atoms with E-state index in [9.17, 15) is 0 Å². The van der Waals surface area contributed by atoms with Crippen LogP contribution in [0.1, 0.15) is 66.8 Å². The number of pyridine rings is 1. The zero-order valence-corrected chi connectivity index (χ0v) is 13.6. The molecule has 0 aliphatic carbocycles. The van der Waals surface area contributed by atoms with Crippen molar-refractivity contribution in [2.45, 2.75) is 67.3 Å². The van der Waals surface area contributed by atoms with Crippen molar-refractivity contribution >= 4 is 11.2 Å². The molecular weight excluding hydrogens is 234 g/mol. The summed E-state index contributed by atoms with van der Waals surface area (Å²) in [5, 5.41) is 0. The van der Waals surface area contributed by atoms with Gasteiger partial charge in [-0.15, -0.1) is 0 Å². The molecule has 0 aliphatic rings. The van der Waals surface area contributed by atoms with Crippen molar-refractivity contribution < 1.29 is 0 Å². The number of fused-ring (bicyclic) bond motifs is 1. The Morgan fingerprint density at radius 1 is 1.16 bits per heavy atom. The minimum atomic E-state index is 0.445. The fourth-order valence-corrected chi connectivity index (χ4v) is 1.95. The van der Waals surface area contributed by atoms with Crippen LogP contribution < -0.4 is 0 Å². The molecule has 2 aromatic rings. The monoisotopic (exact) mass is 263 g/mol. The molecule has 108 valence electrons. The first kappa shape index (κ1) is 17.6. The van der Waals surface area contributed by atoms with E-state index in [1.165, 1.54) is 0 Å². The highest BCUT2D eigenvalue weighted by Crippen LogP contribution is 2.19. The maximum absolute atomic E-state index is 4.58. The van der Waals surface area contributed by atoms with Crippen LogP contribution in [-0.4, -0.2) is 14.5 Å². The van der Waals surface area contributed by atoms with Crippen LogP contribution in [0.3, 0.4) is 0 Å². The third kappa shape index (κ3) is 4.34. The third-order valence-electron chi connectivity index (χ3n) is 2.53. The van der Waals surface area contributed by atoms with Crippen molar-refractivity contribution in [2.75, 3.05) is 0 Å². The lowest BCUT2D eigenvalue weighted by Crippen LogP contribution is -2.05. The van der Waals surface area contributed by atoms with E-state index in [4.69, 9.17) is 0 Å². The highest BCUT2D eigenvalue weighted by Gasteiger charge is 2.12. The van der Waals surface area contributed by atoms with Gasteiger partial charge in [-0.25, -0.2) is 9.97 Å².